The predicted molar refractivity (Wildman–Crippen MR) is 62.9 cm³/mol. The first-order chi connectivity index (χ1) is 8.02. The van der Waals surface area contributed by atoms with E-state index in [0.29, 0.717) is 17.1 Å². The average Bonchev–Trinajstić information content (AvgIpc) is 2.63. The van der Waals surface area contributed by atoms with Crippen molar-refractivity contribution in [2.24, 2.45) is 7.05 Å². The summed E-state index contributed by atoms with van der Waals surface area (Å²) in [6.07, 6.45) is 0. The Kier molecular flexibility index (Phi) is 2.55. The molecule has 6 nitrogen and oxygen atoms in total. The highest BCUT2D eigenvalue weighted by molar-refractivity contribution is 5.69. The normalized spacial score (nSPS) is 10.5. The van der Waals surface area contributed by atoms with E-state index < -0.39 is 0 Å². The minimum absolute atomic E-state index is 0.184. The van der Waals surface area contributed by atoms with E-state index in [2.05, 4.69) is 5.10 Å². The summed E-state index contributed by atoms with van der Waals surface area (Å²) in [5, 5.41) is 23.2. The first-order valence-corrected chi connectivity index (χ1v) is 4.92. The quantitative estimate of drug-likeness (QED) is 0.677. The van der Waals surface area contributed by atoms with Gasteiger partial charge in [-0.2, -0.15) is 5.10 Å². The highest BCUT2D eigenvalue weighted by Gasteiger charge is 2.13. The Labute approximate surface area is 97.9 Å². The van der Waals surface area contributed by atoms with Crippen LogP contribution >= 0.6 is 0 Å². The summed E-state index contributed by atoms with van der Waals surface area (Å²) >= 11 is 0. The van der Waals surface area contributed by atoms with E-state index in [0.717, 1.165) is 0 Å². The Hall–Kier alpha value is -2.37. The van der Waals surface area contributed by atoms with Crippen LogP contribution in [0.2, 0.25) is 0 Å². The molecule has 1 aromatic carbocycles. The van der Waals surface area contributed by atoms with Crippen molar-refractivity contribution in [2.45, 2.75) is 0 Å². The molecule has 0 bridgehead atoms. The molecule has 90 valence electrons. The van der Waals surface area contributed by atoms with E-state index in [9.17, 15) is 10.2 Å². The van der Waals surface area contributed by atoms with Gasteiger partial charge in [-0.1, -0.05) is 0 Å². The molecule has 0 spiro atoms. The van der Waals surface area contributed by atoms with Crippen LogP contribution in [0.15, 0.2) is 18.2 Å². The lowest BCUT2D eigenvalue weighted by Gasteiger charge is -2.07. The fourth-order valence-corrected chi connectivity index (χ4v) is 1.52. The van der Waals surface area contributed by atoms with Crippen LogP contribution in [0.25, 0.3) is 11.3 Å². The molecule has 6 heteroatoms. The Morgan fingerprint density at radius 3 is 2.53 bits per heavy atom. The maximum Gasteiger partial charge on any atom is 0.200 e. The number of aromatic nitrogens is 2. The number of ether oxygens (including phenoxy) is 1. The highest BCUT2D eigenvalue weighted by Crippen LogP contribution is 2.39. The fraction of sp³-hybridized carbons (Fsp3) is 0.182. The zero-order valence-corrected chi connectivity index (χ0v) is 9.51. The number of aryl methyl sites for hydroxylation is 1. The van der Waals surface area contributed by atoms with Gasteiger partial charge in [0.2, 0.25) is 5.75 Å². The van der Waals surface area contributed by atoms with E-state index in [1.807, 2.05) is 0 Å². The lowest BCUT2D eigenvalue weighted by atomic mass is 10.1. The maximum atomic E-state index is 9.55. The number of nitrogens with two attached hydrogens (primary N) is 1. The molecule has 0 saturated carbocycles. The summed E-state index contributed by atoms with van der Waals surface area (Å²) in [5.74, 6) is 0.138. The molecular formula is C11H13N3O3. The van der Waals surface area contributed by atoms with Gasteiger partial charge >= 0.3 is 0 Å². The minimum Gasteiger partial charge on any atom is -0.504 e. The summed E-state index contributed by atoms with van der Waals surface area (Å²) in [6, 6.07) is 4.65. The monoisotopic (exact) mass is 235 g/mol. The zero-order valence-electron chi connectivity index (χ0n) is 9.51. The second-order valence-corrected chi connectivity index (χ2v) is 3.62. The van der Waals surface area contributed by atoms with Crippen molar-refractivity contribution in [1.29, 1.82) is 0 Å². The summed E-state index contributed by atoms with van der Waals surface area (Å²) in [4.78, 5) is 0. The molecule has 0 amide bonds. The molecule has 2 rings (SSSR count). The van der Waals surface area contributed by atoms with E-state index in [4.69, 9.17) is 10.5 Å². The molecule has 4 N–H and O–H groups in total. The van der Waals surface area contributed by atoms with E-state index >= 15 is 0 Å². The molecule has 0 aliphatic carbocycles. The lowest BCUT2D eigenvalue weighted by Crippen LogP contribution is -1.96. The molecule has 0 radical (unpaired) electrons. The Bertz CT molecular complexity index is 544. The summed E-state index contributed by atoms with van der Waals surface area (Å²) in [5.41, 5.74) is 6.88. The van der Waals surface area contributed by atoms with Gasteiger partial charge in [0.25, 0.3) is 0 Å². The number of rotatable bonds is 2. The topological polar surface area (TPSA) is 93.5 Å². The van der Waals surface area contributed by atoms with Crippen LogP contribution in [0.1, 0.15) is 0 Å². The molecule has 0 saturated heterocycles. The van der Waals surface area contributed by atoms with Gasteiger partial charge in [0.05, 0.1) is 12.8 Å². The number of hydrogen-bond acceptors (Lipinski definition) is 5. The lowest BCUT2D eigenvalue weighted by molar-refractivity contribution is 0.351. The van der Waals surface area contributed by atoms with E-state index in [1.165, 1.54) is 17.9 Å². The highest BCUT2D eigenvalue weighted by atomic mass is 16.5. The molecule has 1 aromatic heterocycles. The van der Waals surface area contributed by atoms with Crippen molar-refractivity contribution in [2.75, 3.05) is 12.8 Å². The number of nitrogens with zero attached hydrogens (tertiary/aromatic N) is 2. The molecular weight excluding hydrogens is 222 g/mol. The zero-order chi connectivity index (χ0) is 12.6. The summed E-state index contributed by atoms with van der Waals surface area (Å²) in [6.45, 7) is 0. The van der Waals surface area contributed by atoms with Gasteiger partial charge in [-0.15, -0.1) is 0 Å². The van der Waals surface area contributed by atoms with Gasteiger partial charge in [0.15, 0.2) is 11.5 Å². The predicted octanol–water partition coefficient (Wildman–Crippen LogP) is 1.09. The average molecular weight is 235 g/mol. The van der Waals surface area contributed by atoms with Crippen LogP contribution in [-0.2, 0) is 7.05 Å². The van der Waals surface area contributed by atoms with Crippen LogP contribution < -0.4 is 10.5 Å². The Balaban J connectivity index is 2.56. The summed E-state index contributed by atoms with van der Waals surface area (Å²) < 4.78 is 6.47. The van der Waals surface area contributed by atoms with Crippen LogP contribution in [0.5, 0.6) is 17.2 Å². The molecule has 0 fully saturated rings. The maximum absolute atomic E-state index is 9.55. The smallest absolute Gasteiger partial charge is 0.200 e. The molecule has 0 aliphatic heterocycles. The van der Waals surface area contributed by atoms with Crippen LogP contribution in [0, 0.1) is 0 Å². The van der Waals surface area contributed by atoms with Crippen LogP contribution in [0.3, 0.4) is 0 Å². The molecule has 1 heterocycles. The third kappa shape index (κ3) is 1.84. The summed E-state index contributed by atoms with van der Waals surface area (Å²) in [7, 11) is 3.13. The molecule has 0 unspecified atom stereocenters. The number of phenolic OH excluding ortho intramolecular Hbond substituents is 2. The molecule has 17 heavy (non-hydrogen) atoms. The molecule has 2 aromatic rings. The van der Waals surface area contributed by atoms with Gasteiger partial charge in [-0.05, 0) is 12.1 Å². The fourth-order valence-electron chi connectivity index (χ4n) is 1.52. The van der Waals surface area contributed by atoms with E-state index in [1.54, 1.807) is 19.2 Å². The second kappa shape index (κ2) is 3.89. The van der Waals surface area contributed by atoms with Crippen molar-refractivity contribution >= 4 is 5.82 Å². The second-order valence-electron chi connectivity index (χ2n) is 3.62. The Morgan fingerprint density at radius 2 is 2.00 bits per heavy atom. The minimum atomic E-state index is -0.292. The van der Waals surface area contributed by atoms with Gasteiger partial charge in [-0.25, -0.2) is 0 Å². The number of anilines is 1. The first kappa shape index (κ1) is 11.1. The van der Waals surface area contributed by atoms with Gasteiger partial charge < -0.3 is 20.7 Å². The van der Waals surface area contributed by atoms with Crippen LogP contribution in [0.4, 0.5) is 5.82 Å². The van der Waals surface area contributed by atoms with E-state index in [-0.39, 0.29) is 17.2 Å². The van der Waals surface area contributed by atoms with Crippen LogP contribution in [-0.4, -0.2) is 27.1 Å². The van der Waals surface area contributed by atoms with Crippen molar-refractivity contribution in [3.63, 3.8) is 0 Å². The number of benzene rings is 1. The number of phenols is 2. The third-order valence-electron chi connectivity index (χ3n) is 2.49. The van der Waals surface area contributed by atoms with Gasteiger partial charge in [0, 0.05) is 18.7 Å². The number of hydrogen-bond donors (Lipinski definition) is 3. The van der Waals surface area contributed by atoms with Gasteiger partial charge in [-0.3, -0.25) is 4.68 Å². The Morgan fingerprint density at radius 1 is 1.29 bits per heavy atom. The van der Waals surface area contributed by atoms with Crippen molar-refractivity contribution in [3.8, 4) is 28.5 Å². The number of nitrogen functional groups attached to an aromatic ring is 1. The third-order valence-corrected chi connectivity index (χ3v) is 2.49. The van der Waals surface area contributed by atoms with Crippen molar-refractivity contribution < 1.29 is 14.9 Å². The SMILES string of the molecule is COc1cc(-c2cc(N)n(C)n2)cc(O)c1O. The van der Waals surface area contributed by atoms with Crippen molar-refractivity contribution in [1.82, 2.24) is 9.78 Å². The molecule has 0 atom stereocenters. The largest absolute Gasteiger partial charge is 0.504 e. The van der Waals surface area contributed by atoms with Gasteiger partial charge in [0.1, 0.15) is 5.82 Å². The van der Waals surface area contributed by atoms with Crippen molar-refractivity contribution in [3.05, 3.63) is 18.2 Å². The number of methoxy groups -OCH3 is 1. The number of aromatic hydroxyl groups is 2. The standard InChI is InChI=1S/C11H13N3O3/c1-14-10(12)5-7(13-14)6-3-8(15)11(16)9(4-6)17-2/h3-5,15-16H,12H2,1-2H3. The first-order valence-electron chi connectivity index (χ1n) is 4.92. The molecule has 0 aliphatic rings.